The number of aliphatic hydroxyl groups excluding tert-OH is 4. The molecular weight excluding hydrogens is 316 g/mol. The summed E-state index contributed by atoms with van der Waals surface area (Å²) < 4.78 is 0. The first-order valence-corrected chi connectivity index (χ1v) is 10.2. The number of allylic oxidation sites excluding steroid dienone is 1. The first-order valence-electron chi connectivity index (χ1n) is 10.2. The lowest BCUT2D eigenvalue weighted by Gasteiger charge is -2.59. The molecule has 4 N–H and O–H groups in total. The molecule has 3 fully saturated rings. The van der Waals surface area contributed by atoms with Gasteiger partial charge in [-0.25, -0.2) is 0 Å². The van der Waals surface area contributed by atoms with Crippen LogP contribution in [-0.4, -0.2) is 44.8 Å². The van der Waals surface area contributed by atoms with Crippen LogP contribution < -0.4 is 0 Å². The molecule has 9 atom stereocenters. The molecule has 25 heavy (non-hydrogen) atoms. The molecule has 0 amide bonds. The molecule has 0 aromatic rings. The van der Waals surface area contributed by atoms with Crippen LogP contribution in [0.2, 0.25) is 0 Å². The molecule has 144 valence electrons. The third-order valence-electron chi connectivity index (χ3n) is 7.98. The molecule has 4 aliphatic rings. The van der Waals surface area contributed by atoms with Gasteiger partial charge in [-0.15, -0.1) is 0 Å². The summed E-state index contributed by atoms with van der Waals surface area (Å²) in [5, 5.41) is 41.7. The fourth-order valence-corrected chi connectivity index (χ4v) is 6.77. The zero-order chi connectivity index (χ0) is 18.6. The van der Waals surface area contributed by atoms with E-state index in [1.807, 2.05) is 20.8 Å². The molecule has 3 saturated carbocycles. The molecule has 8 unspecified atom stereocenters. The maximum Gasteiger partial charge on any atom is 0.0856 e. The first-order chi connectivity index (χ1) is 11.8. The summed E-state index contributed by atoms with van der Waals surface area (Å²) in [7, 11) is 0. The summed E-state index contributed by atoms with van der Waals surface area (Å²) >= 11 is 0. The van der Waals surface area contributed by atoms with Crippen molar-refractivity contribution in [1.29, 1.82) is 0 Å². The van der Waals surface area contributed by atoms with Crippen LogP contribution in [0.25, 0.3) is 0 Å². The first kappa shape index (κ1) is 19.3. The number of fused-ring (bicyclic) bond motifs is 5. The summed E-state index contributed by atoms with van der Waals surface area (Å²) in [4.78, 5) is 0. The van der Waals surface area contributed by atoms with Gasteiger partial charge in [-0.05, 0) is 61.7 Å². The maximum atomic E-state index is 11.0. The minimum Gasteiger partial charge on any atom is -0.393 e. The van der Waals surface area contributed by atoms with E-state index in [0.29, 0.717) is 18.8 Å². The summed E-state index contributed by atoms with van der Waals surface area (Å²) in [5.74, 6) is 0.771. The number of hydrogen-bond acceptors (Lipinski definition) is 4. The molecular formula is C21H36O4. The standard InChI is InChI=1S/C19H30O4.C2H6/c1-18-6-5-11(20)7-10(18)3-4-12-13-8-14(21)17(23)19(13,2)9-15(22)16(12)18;1-2/h3,11-17,20-23H,4-9H2,1-2H3;1-2H3/t11?,12?,13?,14-,15?,16?,17?,18?,19?;/m1./s1. The van der Waals surface area contributed by atoms with Gasteiger partial charge >= 0.3 is 0 Å². The number of aliphatic hydroxyl groups is 4. The zero-order valence-corrected chi connectivity index (χ0v) is 16.2. The van der Waals surface area contributed by atoms with Gasteiger partial charge in [-0.3, -0.25) is 0 Å². The van der Waals surface area contributed by atoms with E-state index in [9.17, 15) is 20.4 Å². The van der Waals surface area contributed by atoms with Gasteiger partial charge in [-0.1, -0.05) is 39.3 Å². The Bertz CT molecular complexity index is 532. The Morgan fingerprint density at radius 2 is 1.72 bits per heavy atom. The molecule has 0 saturated heterocycles. The quantitative estimate of drug-likeness (QED) is 0.505. The molecule has 4 nitrogen and oxygen atoms in total. The van der Waals surface area contributed by atoms with Gasteiger partial charge in [0, 0.05) is 5.41 Å². The van der Waals surface area contributed by atoms with E-state index in [0.717, 1.165) is 25.7 Å². The van der Waals surface area contributed by atoms with Gasteiger partial charge in [0.25, 0.3) is 0 Å². The van der Waals surface area contributed by atoms with Gasteiger partial charge < -0.3 is 20.4 Å². The van der Waals surface area contributed by atoms with Crippen LogP contribution in [0.15, 0.2) is 11.6 Å². The minimum atomic E-state index is -0.727. The van der Waals surface area contributed by atoms with Crippen molar-refractivity contribution in [2.45, 2.75) is 90.6 Å². The summed E-state index contributed by atoms with van der Waals surface area (Å²) in [6.07, 6.45) is 4.80. The smallest absolute Gasteiger partial charge is 0.0856 e. The molecule has 0 aliphatic heterocycles. The minimum absolute atomic E-state index is 0.0403. The van der Waals surface area contributed by atoms with E-state index in [1.165, 1.54) is 5.57 Å². The molecule has 4 rings (SSSR count). The maximum absolute atomic E-state index is 11.0. The Labute approximate surface area is 152 Å². The van der Waals surface area contributed by atoms with Crippen molar-refractivity contribution in [3.63, 3.8) is 0 Å². The van der Waals surface area contributed by atoms with Crippen molar-refractivity contribution in [3.05, 3.63) is 11.6 Å². The van der Waals surface area contributed by atoms with E-state index in [-0.39, 0.29) is 28.8 Å². The average Bonchev–Trinajstić information content (AvgIpc) is 2.80. The lowest BCUT2D eigenvalue weighted by Crippen LogP contribution is -2.57. The van der Waals surface area contributed by atoms with Gasteiger partial charge in [-0.2, -0.15) is 0 Å². The lowest BCUT2D eigenvalue weighted by molar-refractivity contribution is -0.140. The number of hydrogen-bond donors (Lipinski definition) is 4. The van der Waals surface area contributed by atoms with Crippen LogP contribution in [0, 0.1) is 28.6 Å². The second-order valence-electron chi connectivity index (χ2n) is 9.10. The van der Waals surface area contributed by atoms with E-state index < -0.39 is 18.3 Å². The third kappa shape index (κ3) is 2.72. The Morgan fingerprint density at radius 3 is 2.40 bits per heavy atom. The lowest BCUT2D eigenvalue weighted by atomic mass is 9.47. The van der Waals surface area contributed by atoms with Gasteiger partial charge in [0.2, 0.25) is 0 Å². The van der Waals surface area contributed by atoms with Gasteiger partial charge in [0.1, 0.15) is 0 Å². The monoisotopic (exact) mass is 352 g/mol. The molecule has 0 radical (unpaired) electrons. The normalized spacial score (nSPS) is 54.4. The predicted octanol–water partition coefficient (Wildman–Crippen LogP) is 2.64. The Morgan fingerprint density at radius 1 is 1.04 bits per heavy atom. The Balaban J connectivity index is 0.000000880. The Kier molecular flexibility index (Phi) is 5.13. The van der Waals surface area contributed by atoms with Crippen LogP contribution in [0.1, 0.15) is 66.2 Å². The zero-order valence-electron chi connectivity index (χ0n) is 16.2. The highest BCUT2D eigenvalue weighted by Gasteiger charge is 2.63. The molecule has 0 bridgehead atoms. The van der Waals surface area contributed by atoms with Crippen molar-refractivity contribution in [2.75, 3.05) is 0 Å². The van der Waals surface area contributed by atoms with E-state index in [2.05, 4.69) is 13.0 Å². The third-order valence-corrected chi connectivity index (χ3v) is 7.98. The highest BCUT2D eigenvalue weighted by atomic mass is 16.3. The van der Waals surface area contributed by atoms with Crippen LogP contribution in [0.5, 0.6) is 0 Å². The summed E-state index contributed by atoms with van der Waals surface area (Å²) in [5.41, 5.74) is 0.899. The summed E-state index contributed by atoms with van der Waals surface area (Å²) in [6.45, 7) is 8.30. The van der Waals surface area contributed by atoms with E-state index >= 15 is 0 Å². The average molecular weight is 353 g/mol. The molecule has 4 aliphatic carbocycles. The summed E-state index contributed by atoms with van der Waals surface area (Å²) in [6, 6.07) is 0. The van der Waals surface area contributed by atoms with Crippen molar-refractivity contribution in [3.8, 4) is 0 Å². The second-order valence-corrected chi connectivity index (χ2v) is 9.10. The van der Waals surface area contributed by atoms with Gasteiger partial charge in [0.05, 0.1) is 24.4 Å². The molecule has 0 aromatic carbocycles. The van der Waals surface area contributed by atoms with Crippen LogP contribution in [0.4, 0.5) is 0 Å². The molecule has 0 aromatic heterocycles. The predicted molar refractivity (Wildman–Crippen MR) is 97.8 cm³/mol. The molecule has 0 heterocycles. The Hall–Kier alpha value is -0.420. The van der Waals surface area contributed by atoms with Crippen LogP contribution >= 0.6 is 0 Å². The fraction of sp³-hybridized carbons (Fsp3) is 0.905. The highest BCUT2D eigenvalue weighted by molar-refractivity contribution is 5.27. The fourth-order valence-electron chi connectivity index (χ4n) is 6.77. The van der Waals surface area contributed by atoms with Crippen molar-refractivity contribution < 1.29 is 20.4 Å². The number of rotatable bonds is 0. The topological polar surface area (TPSA) is 80.9 Å². The molecule has 0 spiro atoms. The van der Waals surface area contributed by atoms with E-state index in [4.69, 9.17) is 0 Å². The van der Waals surface area contributed by atoms with E-state index in [1.54, 1.807) is 0 Å². The van der Waals surface area contributed by atoms with Crippen LogP contribution in [-0.2, 0) is 0 Å². The van der Waals surface area contributed by atoms with Gasteiger partial charge in [0.15, 0.2) is 0 Å². The van der Waals surface area contributed by atoms with Crippen LogP contribution in [0.3, 0.4) is 0 Å². The van der Waals surface area contributed by atoms with Crippen molar-refractivity contribution in [2.24, 2.45) is 28.6 Å². The molecule has 4 heteroatoms. The van der Waals surface area contributed by atoms with Crippen molar-refractivity contribution >= 4 is 0 Å². The SMILES string of the molecule is CC.CC12CCC(O)CC1=CCC1C2C(O)CC2(C)C1C[C@@H](O)C2O. The highest BCUT2D eigenvalue weighted by Crippen LogP contribution is 2.64. The largest absolute Gasteiger partial charge is 0.393 e. The van der Waals surface area contributed by atoms with Crippen molar-refractivity contribution in [1.82, 2.24) is 0 Å². The second kappa shape index (κ2) is 6.63.